The summed E-state index contributed by atoms with van der Waals surface area (Å²) in [5.41, 5.74) is 3.67. The van der Waals surface area contributed by atoms with Crippen LogP contribution in [-0.4, -0.2) is 28.7 Å². The Bertz CT molecular complexity index is 1530. The fraction of sp³-hybridized carbons (Fsp3) is 0.296. The van der Waals surface area contributed by atoms with Gasteiger partial charge in [-0.05, 0) is 60.6 Å². The van der Waals surface area contributed by atoms with E-state index in [4.69, 9.17) is 4.74 Å². The summed E-state index contributed by atoms with van der Waals surface area (Å²) in [5.74, 6) is 1.24. The molecule has 2 aromatic heterocycles. The number of hydrogen-bond donors (Lipinski definition) is 1. The molecule has 1 N–H and O–H groups in total. The molecule has 0 amide bonds. The summed E-state index contributed by atoms with van der Waals surface area (Å²) in [7, 11) is -3.42. The van der Waals surface area contributed by atoms with Crippen molar-refractivity contribution in [1.82, 2.24) is 14.5 Å². The molecule has 36 heavy (non-hydrogen) atoms. The number of benzene rings is 2. The quantitative estimate of drug-likeness (QED) is 0.321. The minimum Gasteiger partial charge on any atom is -0.424 e. The smallest absolute Gasteiger partial charge is 0.321 e. The van der Waals surface area contributed by atoms with Crippen molar-refractivity contribution in [2.45, 2.75) is 33.2 Å². The lowest BCUT2D eigenvalue weighted by atomic mass is 10.1. The summed E-state index contributed by atoms with van der Waals surface area (Å²) in [6.45, 7) is 4.53. The van der Waals surface area contributed by atoms with E-state index < -0.39 is 10.0 Å². The van der Waals surface area contributed by atoms with Crippen LogP contribution >= 0.6 is 0 Å². The number of ether oxygens (including phenoxy) is 1. The summed E-state index contributed by atoms with van der Waals surface area (Å²) in [5, 5.41) is 11.0. The minimum absolute atomic E-state index is 0.0282. The number of sulfonamides is 1. The molecule has 184 valence electrons. The maximum atomic E-state index is 12.3. The number of rotatable bonds is 9. The van der Waals surface area contributed by atoms with E-state index >= 15 is 0 Å². The van der Waals surface area contributed by atoms with E-state index in [1.54, 1.807) is 30.6 Å². The molecule has 1 aliphatic rings. The molecule has 1 fully saturated rings. The molecule has 0 bridgehead atoms. The zero-order valence-corrected chi connectivity index (χ0v) is 21.0. The minimum atomic E-state index is -3.42. The Hall–Kier alpha value is -3.90. The van der Waals surface area contributed by atoms with Crippen LogP contribution in [0.1, 0.15) is 32.3 Å². The first-order chi connectivity index (χ1) is 17.3. The van der Waals surface area contributed by atoms with Gasteiger partial charge in [0.05, 0.1) is 22.5 Å². The molecule has 0 spiro atoms. The van der Waals surface area contributed by atoms with Crippen LogP contribution < -0.4 is 9.46 Å². The largest absolute Gasteiger partial charge is 0.424 e. The van der Waals surface area contributed by atoms with E-state index in [1.807, 2.05) is 44.2 Å². The third-order valence-corrected chi connectivity index (χ3v) is 7.67. The molecule has 1 aliphatic carbocycles. The Morgan fingerprint density at radius 3 is 2.50 bits per heavy atom. The molecular weight excluding hydrogens is 474 g/mol. The first-order valence-electron chi connectivity index (χ1n) is 11.9. The van der Waals surface area contributed by atoms with Crippen molar-refractivity contribution in [1.29, 1.82) is 5.26 Å². The van der Waals surface area contributed by atoms with Gasteiger partial charge in [-0.15, -0.1) is 0 Å². The van der Waals surface area contributed by atoms with Gasteiger partial charge in [0, 0.05) is 36.1 Å². The summed E-state index contributed by atoms with van der Waals surface area (Å²) in [6, 6.07) is 17.2. The molecule has 1 saturated carbocycles. The second-order valence-electron chi connectivity index (χ2n) is 9.56. The molecule has 2 aromatic carbocycles. The molecule has 0 aliphatic heterocycles. The number of fused-ring (bicyclic) bond motifs is 1. The van der Waals surface area contributed by atoms with Crippen LogP contribution in [0.3, 0.4) is 0 Å². The van der Waals surface area contributed by atoms with Crippen LogP contribution in [0.25, 0.3) is 22.2 Å². The number of nitrogens with zero attached hydrogens (tertiary/aromatic N) is 4. The fourth-order valence-corrected chi connectivity index (χ4v) is 5.81. The van der Waals surface area contributed by atoms with Crippen molar-refractivity contribution in [2.75, 3.05) is 10.5 Å². The number of hydrogen-bond acceptors (Lipinski definition) is 6. The Kier molecular flexibility index (Phi) is 6.37. The molecule has 5 rings (SSSR count). The molecule has 0 radical (unpaired) electrons. The molecule has 8 nitrogen and oxygen atoms in total. The molecule has 4 aromatic rings. The topological polar surface area (TPSA) is 110 Å². The molecule has 2 heterocycles. The standard InChI is InChI=1S/C27H27N5O3S/c1-18(2)17-36(33,34)31-21-8-6-20(7-9-21)26-24(15-28)23-11-10-22(35-27-29-12-3-13-30-27)14-25(23)32(26)16-19-4-5-19/h3,6-14,18-19,31H,4-5,16-17H2,1-2H3. The maximum absolute atomic E-state index is 12.3. The molecule has 0 saturated heterocycles. The van der Waals surface area contributed by atoms with E-state index in [9.17, 15) is 13.7 Å². The van der Waals surface area contributed by atoms with Crippen molar-refractivity contribution in [2.24, 2.45) is 11.8 Å². The van der Waals surface area contributed by atoms with E-state index in [0.717, 1.165) is 41.5 Å². The predicted molar refractivity (Wildman–Crippen MR) is 139 cm³/mol. The third-order valence-electron chi connectivity index (χ3n) is 6.02. The van der Waals surface area contributed by atoms with Gasteiger partial charge in [0.25, 0.3) is 0 Å². The zero-order valence-electron chi connectivity index (χ0n) is 20.2. The summed E-state index contributed by atoms with van der Waals surface area (Å²) >= 11 is 0. The summed E-state index contributed by atoms with van der Waals surface area (Å²) in [6.07, 6.45) is 5.56. The van der Waals surface area contributed by atoms with Gasteiger partial charge in [-0.3, -0.25) is 4.72 Å². The van der Waals surface area contributed by atoms with Crippen LogP contribution in [0.2, 0.25) is 0 Å². The first-order valence-corrected chi connectivity index (χ1v) is 13.6. The van der Waals surface area contributed by atoms with Gasteiger partial charge in [0.1, 0.15) is 11.8 Å². The van der Waals surface area contributed by atoms with Crippen molar-refractivity contribution < 1.29 is 13.2 Å². The van der Waals surface area contributed by atoms with Gasteiger partial charge in [-0.2, -0.15) is 5.26 Å². The third kappa shape index (κ3) is 5.19. The number of aromatic nitrogens is 3. The highest BCUT2D eigenvalue weighted by atomic mass is 32.2. The van der Waals surface area contributed by atoms with E-state index in [2.05, 4.69) is 25.3 Å². The van der Waals surface area contributed by atoms with Gasteiger partial charge in [0.15, 0.2) is 0 Å². The zero-order chi connectivity index (χ0) is 25.3. The fourth-order valence-electron chi connectivity index (χ4n) is 4.35. The molecular formula is C27H27N5O3S. The monoisotopic (exact) mass is 501 g/mol. The van der Waals surface area contributed by atoms with E-state index in [-0.39, 0.29) is 17.7 Å². The van der Waals surface area contributed by atoms with E-state index in [0.29, 0.717) is 22.9 Å². The van der Waals surface area contributed by atoms with Crippen LogP contribution in [0.4, 0.5) is 5.69 Å². The Balaban J connectivity index is 1.55. The first kappa shape index (κ1) is 23.8. The molecule has 0 unspecified atom stereocenters. The highest BCUT2D eigenvalue weighted by molar-refractivity contribution is 7.92. The van der Waals surface area contributed by atoms with Gasteiger partial charge < -0.3 is 9.30 Å². The Morgan fingerprint density at radius 2 is 1.86 bits per heavy atom. The average molecular weight is 502 g/mol. The van der Waals surface area contributed by atoms with Crippen molar-refractivity contribution in [3.63, 3.8) is 0 Å². The van der Waals surface area contributed by atoms with Crippen LogP contribution in [0.5, 0.6) is 11.8 Å². The van der Waals surface area contributed by atoms with Crippen molar-refractivity contribution in [3.05, 3.63) is 66.5 Å². The highest BCUT2D eigenvalue weighted by Gasteiger charge is 2.27. The lowest BCUT2D eigenvalue weighted by molar-refractivity contribution is 0.442. The van der Waals surface area contributed by atoms with Gasteiger partial charge >= 0.3 is 6.01 Å². The van der Waals surface area contributed by atoms with Crippen LogP contribution in [0.15, 0.2) is 60.9 Å². The van der Waals surface area contributed by atoms with Crippen molar-refractivity contribution in [3.8, 4) is 29.1 Å². The highest BCUT2D eigenvalue weighted by Crippen LogP contribution is 2.40. The molecule has 0 atom stereocenters. The van der Waals surface area contributed by atoms with Crippen molar-refractivity contribution >= 4 is 26.6 Å². The van der Waals surface area contributed by atoms with Crippen LogP contribution in [0, 0.1) is 23.2 Å². The van der Waals surface area contributed by atoms with Gasteiger partial charge in [-0.25, -0.2) is 18.4 Å². The average Bonchev–Trinajstić information content (AvgIpc) is 3.61. The van der Waals surface area contributed by atoms with Gasteiger partial charge in [0.2, 0.25) is 10.0 Å². The molecule has 9 heteroatoms. The second-order valence-corrected chi connectivity index (χ2v) is 11.3. The second kappa shape index (κ2) is 9.63. The number of nitrogens with one attached hydrogen (secondary N) is 1. The van der Waals surface area contributed by atoms with Gasteiger partial charge in [-0.1, -0.05) is 26.0 Å². The van der Waals surface area contributed by atoms with Crippen LogP contribution in [-0.2, 0) is 16.6 Å². The normalized spacial score (nSPS) is 13.6. The summed E-state index contributed by atoms with van der Waals surface area (Å²) < 4.78 is 35.4. The summed E-state index contributed by atoms with van der Waals surface area (Å²) in [4.78, 5) is 8.26. The lowest BCUT2D eigenvalue weighted by Crippen LogP contribution is -2.19. The lowest BCUT2D eigenvalue weighted by Gasteiger charge is -2.13. The SMILES string of the molecule is CC(C)CS(=O)(=O)Nc1ccc(-c2c(C#N)c3ccc(Oc4ncccn4)cc3n2CC2CC2)cc1. The predicted octanol–water partition coefficient (Wildman–Crippen LogP) is 5.57. The number of anilines is 1. The Morgan fingerprint density at radius 1 is 1.14 bits per heavy atom. The maximum Gasteiger partial charge on any atom is 0.321 e. The number of nitriles is 1. The van der Waals surface area contributed by atoms with E-state index in [1.165, 1.54) is 0 Å². The Labute approximate surface area is 210 Å².